The Morgan fingerprint density at radius 3 is 2.53 bits per heavy atom. The summed E-state index contributed by atoms with van der Waals surface area (Å²) in [5.74, 6) is 0.795. The molecule has 4 nitrogen and oxygen atoms in total. The fourth-order valence-electron chi connectivity index (χ4n) is 1.70. The van der Waals surface area contributed by atoms with Crippen LogP contribution in [0, 0.1) is 10.1 Å². The third-order valence-corrected chi connectivity index (χ3v) is 3.73. The molecule has 19 heavy (non-hydrogen) atoms. The Bertz CT molecular complexity index is 572. The molecule has 0 saturated heterocycles. The van der Waals surface area contributed by atoms with E-state index in [1.54, 1.807) is 23.9 Å². The number of nitro groups is 1. The molecule has 1 N–H and O–H groups in total. The van der Waals surface area contributed by atoms with Crippen LogP contribution >= 0.6 is 11.8 Å². The number of benzene rings is 2. The van der Waals surface area contributed by atoms with Crippen LogP contribution in [0.4, 0.5) is 5.69 Å². The molecular formula is C14H13NO3S. The molecule has 5 heteroatoms. The number of aliphatic hydroxyl groups excluding tert-OH is 1. The van der Waals surface area contributed by atoms with E-state index < -0.39 is 4.92 Å². The highest BCUT2D eigenvalue weighted by Gasteiger charge is 2.13. The molecule has 0 saturated carbocycles. The van der Waals surface area contributed by atoms with Gasteiger partial charge in [-0.2, -0.15) is 0 Å². The van der Waals surface area contributed by atoms with Crippen LogP contribution in [-0.4, -0.2) is 10.0 Å². The van der Waals surface area contributed by atoms with Crippen molar-refractivity contribution in [2.45, 2.75) is 17.3 Å². The Hall–Kier alpha value is -1.85. The summed E-state index contributed by atoms with van der Waals surface area (Å²) >= 11 is 1.59. The van der Waals surface area contributed by atoms with E-state index in [1.807, 2.05) is 30.3 Å². The lowest BCUT2D eigenvalue weighted by molar-refractivity contribution is -0.385. The molecule has 0 unspecified atom stereocenters. The van der Waals surface area contributed by atoms with E-state index in [2.05, 4.69) is 0 Å². The second-order valence-electron chi connectivity index (χ2n) is 3.98. The molecule has 0 amide bonds. The Labute approximate surface area is 115 Å². The van der Waals surface area contributed by atoms with Crippen LogP contribution in [0.2, 0.25) is 0 Å². The predicted molar refractivity (Wildman–Crippen MR) is 75.0 cm³/mol. The summed E-state index contributed by atoms with van der Waals surface area (Å²) in [5.41, 5.74) is 1.51. The molecule has 0 bridgehead atoms. The number of hydrogen-bond acceptors (Lipinski definition) is 4. The monoisotopic (exact) mass is 275 g/mol. The first-order valence-corrected chi connectivity index (χ1v) is 6.74. The first-order chi connectivity index (χ1) is 9.20. The largest absolute Gasteiger partial charge is 0.391 e. The minimum atomic E-state index is -0.475. The maximum absolute atomic E-state index is 10.8. The highest BCUT2D eigenvalue weighted by Crippen LogP contribution is 2.28. The van der Waals surface area contributed by atoms with Gasteiger partial charge in [0.15, 0.2) is 0 Å². The van der Waals surface area contributed by atoms with Crippen molar-refractivity contribution in [2.75, 3.05) is 0 Å². The highest BCUT2D eigenvalue weighted by molar-refractivity contribution is 7.98. The summed E-state index contributed by atoms with van der Waals surface area (Å²) in [5, 5.41) is 19.9. The molecule has 0 fully saturated rings. The quantitative estimate of drug-likeness (QED) is 0.516. The molecule has 0 atom stereocenters. The van der Waals surface area contributed by atoms with Crippen LogP contribution in [0.1, 0.15) is 11.1 Å². The van der Waals surface area contributed by atoms with Crippen LogP contribution in [0.25, 0.3) is 0 Å². The lowest BCUT2D eigenvalue weighted by atomic mass is 10.2. The highest BCUT2D eigenvalue weighted by atomic mass is 32.2. The Morgan fingerprint density at radius 2 is 1.89 bits per heavy atom. The van der Waals surface area contributed by atoms with Crippen molar-refractivity contribution in [2.24, 2.45) is 0 Å². The molecule has 2 aromatic carbocycles. The van der Waals surface area contributed by atoms with E-state index >= 15 is 0 Å². The van der Waals surface area contributed by atoms with Crippen molar-refractivity contribution in [1.82, 2.24) is 0 Å². The molecular weight excluding hydrogens is 262 g/mol. The summed E-state index contributed by atoms with van der Waals surface area (Å²) in [6, 6.07) is 14.8. The first-order valence-electron chi connectivity index (χ1n) is 5.75. The van der Waals surface area contributed by atoms with Crippen LogP contribution in [0.15, 0.2) is 53.4 Å². The van der Waals surface area contributed by atoms with E-state index in [-0.39, 0.29) is 12.3 Å². The van der Waals surface area contributed by atoms with Gasteiger partial charge in [0.2, 0.25) is 0 Å². The van der Waals surface area contributed by atoms with E-state index in [1.165, 1.54) is 11.6 Å². The topological polar surface area (TPSA) is 63.4 Å². The van der Waals surface area contributed by atoms with Gasteiger partial charge in [-0.15, -0.1) is 11.8 Å². The van der Waals surface area contributed by atoms with Crippen molar-refractivity contribution >= 4 is 17.4 Å². The van der Waals surface area contributed by atoms with Crippen LogP contribution < -0.4 is 0 Å². The van der Waals surface area contributed by atoms with Crippen LogP contribution in [-0.2, 0) is 12.4 Å². The van der Waals surface area contributed by atoms with Gasteiger partial charge >= 0.3 is 0 Å². The number of rotatable bonds is 5. The molecule has 0 heterocycles. The van der Waals surface area contributed by atoms with Gasteiger partial charge in [0.1, 0.15) is 0 Å². The number of nitrogens with zero attached hydrogens (tertiary/aromatic N) is 1. The summed E-state index contributed by atoms with van der Waals surface area (Å²) < 4.78 is 0. The second kappa shape index (κ2) is 6.36. The fraction of sp³-hybridized carbons (Fsp3) is 0.143. The summed E-state index contributed by atoms with van der Waals surface area (Å²) in [4.78, 5) is 11.2. The molecule has 0 aliphatic heterocycles. The second-order valence-corrected chi connectivity index (χ2v) is 5.03. The molecule has 2 rings (SSSR count). The maximum atomic E-state index is 10.8. The zero-order valence-electron chi connectivity index (χ0n) is 10.2. The van der Waals surface area contributed by atoms with Crippen molar-refractivity contribution in [3.63, 3.8) is 0 Å². The minimum Gasteiger partial charge on any atom is -0.391 e. The smallest absolute Gasteiger partial charge is 0.274 e. The molecule has 2 aromatic rings. The van der Waals surface area contributed by atoms with Crippen LogP contribution in [0.3, 0.4) is 0 Å². The zero-order valence-corrected chi connectivity index (χ0v) is 11.0. The maximum Gasteiger partial charge on any atom is 0.274 e. The molecule has 98 valence electrons. The number of nitro benzene ring substituents is 1. The van der Waals surface area contributed by atoms with Crippen LogP contribution in [0.5, 0.6) is 0 Å². The van der Waals surface area contributed by atoms with Crippen molar-refractivity contribution in [3.05, 3.63) is 69.8 Å². The van der Waals surface area contributed by atoms with Gasteiger partial charge in [0.05, 0.1) is 17.1 Å². The Balaban J connectivity index is 2.11. The van der Waals surface area contributed by atoms with Crippen molar-refractivity contribution < 1.29 is 10.0 Å². The van der Waals surface area contributed by atoms with Gasteiger partial charge < -0.3 is 5.11 Å². The summed E-state index contributed by atoms with van der Waals surface area (Å²) in [6.07, 6.45) is 0. The van der Waals surface area contributed by atoms with Crippen molar-refractivity contribution in [3.8, 4) is 0 Å². The average Bonchev–Trinajstić information content (AvgIpc) is 2.45. The number of thioether (sulfide) groups is 1. The summed E-state index contributed by atoms with van der Waals surface area (Å²) in [6.45, 7) is -0.323. The normalized spacial score (nSPS) is 10.4. The lowest BCUT2D eigenvalue weighted by Crippen LogP contribution is -1.95. The van der Waals surface area contributed by atoms with Gasteiger partial charge in [-0.25, -0.2) is 0 Å². The standard InChI is InChI=1S/C14H13NO3S/c16-9-12-8-13(6-7-14(12)15(17)18)19-10-11-4-2-1-3-5-11/h1-8,16H,9-10H2. The third-order valence-electron chi connectivity index (χ3n) is 2.67. The molecule has 0 aliphatic rings. The molecule has 0 aromatic heterocycles. The first kappa shape index (κ1) is 13.6. The zero-order chi connectivity index (χ0) is 13.7. The molecule has 0 spiro atoms. The minimum absolute atomic E-state index is 0.0356. The Morgan fingerprint density at radius 1 is 1.16 bits per heavy atom. The van der Waals surface area contributed by atoms with Gasteiger partial charge in [0, 0.05) is 16.7 Å². The predicted octanol–water partition coefficient (Wildman–Crippen LogP) is 3.38. The average molecular weight is 275 g/mol. The third kappa shape index (κ3) is 3.56. The molecule has 0 aliphatic carbocycles. The fourth-order valence-corrected chi connectivity index (χ4v) is 2.61. The van der Waals surface area contributed by atoms with E-state index in [0.717, 1.165) is 10.6 Å². The number of aliphatic hydroxyl groups is 1. The molecule has 0 radical (unpaired) electrons. The van der Waals surface area contributed by atoms with Gasteiger partial charge in [0.25, 0.3) is 5.69 Å². The van der Waals surface area contributed by atoms with E-state index in [9.17, 15) is 10.1 Å². The summed E-state index contributed by atoms with van der Waals surface area (Å²) in [7, 11) is 0. The van der Waals surface area contributed by atoms with E-state index in [0.29, 0.717) is 5.56 Å². The van der Waals surface area contributed by atoms with Gasteiger partial charge in [-0.3, -0.25) is 10.1 Å². The van der Waals surface area contributed by atoms with E-state index in [4.69, 9.17) is 5.11 Å². The Kier molecular flexibility index (Phi) is 4.54. The van der Waals surface area contributed by atoms with Crippen molar-refractivity contribution in [1.29, 1.82) is 0 Å². The number of hydrogen-bond donors (Lipinski definition) is 1. The SMILES string of the molecule is O=[N+]([O-])c1ccc(SCc2ccccc2)cc1CO. The lowest BCUT2D eigenvalue weighted by Gasteiger charge is -2.05. The van der Waals surface area contributed by atoms with Gasteiger partial charge in [-0.05, 0) is 17.7 Å². The van der Waals surface area contributed by atoms with Gasteiger partial charge in [-0.1, -0.05) is 30.3 Å².